The number of aromatic nitrogens is 2. The van der Waals surface area contributed by atoms with Gasteiger partial charge in [-0.05, 0) is 48.9 Å². The van der Waals surface area contributed by atoms with Gasteiger partial charge >= 0.3 is 0 Å². The van der Waals surface area contributed by atoms with E-state index < -0.39 is 21.9 Å². The third-order valence-corrected chi connectivity index (χ3v) is 7.35. The van der Waals surface area contributed by atoms with Crippen molar-refractivity contribution in [2.45, 2.75) is 17.9 Å². The third-order valence-electron chi connectivity index (χ3n) is 5.16. The molecule has 0 amide bonds. The number of rotatable bonds is 8. The zero-order chi connectivity index (χ0) is 24.5. The molecule has 0 saturated heterocycles. The average Bonchev–Trinajstić information content (AvgIpc) is 3.22. The van der Waals surface area contributed by atoms with Crippen LogP contribution in [0.2, 0.25) is 10.0 Å². The lowest BCUT2D eigenvalue weighted by Gasteiger charge is -2.19. The van der Waals surface area contributed by atoms with Crippen molar-refractivity contribution in [3.05, 3.63) is 82.4 Å². The van der Waals surface area contributed by atoms with Crippen molar-refractivity contribution in [1.82, 2.24) is 14.4 Å². The van der Waals surface area contributed by atoms with Crippen LogP contribution in [0.5, 0.6) is 0 Å². The molecular weight excluding hydrogens is 504 g/mol. The minimum Gasteiger partial charge on any atom is -0.406 e. The van der Waals surface area contributed by atoms with Crippen LogP contribution in [-0.4, -0.2) is 36.4 Å². The van der Waals surface area contributed by atoms with E-state index in [2.05, 4.69) is 9.71 Å². The maximum atomic E-state index is 13.9. The van der Waals surface area contributed by atoms with Crippen molar-refractivity contribution in [3.63, 3.8) is 0 Å². The number of benzene rings is 2. The number of nitrogens with zero attached hydrogens (tertiary/aromatic N) is 2. The standard InChI is InChI=1S/C23H20Cl2FN3O4S/c1-14(22-18(24)6-7-19(26)23(22)25)33-29-10-8-20-21(29)12-16(13-27-20)15-2-4-17(5-3-15)34(31,32)28-9-11-30/h2-8,10,12-14,28,30H,9,11H2,1H3. The fourth-order valence-electron chi connectivity index (χ4n) is 3.47. The van der Waals surface area contributed by atoms with Crippen LogP contribution in [0.1, 0.15) is 18.6 Å². The lowest BCUT2D eigenvalue weighted by atomic mass is 10.1. The van der Waals surface area contributed by atoms with E-state index in [4.69, 9.17) is 33.1 Å². The summed E-state index contributed by atoms with van der Waals surface area (Å²) in [6.45, 7) is 1.35. The summed E-state index contributed by atoms with van der Waals surface area (Å²) in [4.78, 5) is 10.5. The van der Waals surface area contributed by atoms with E-state index >= 15 is 0 Å². The molecule has 11 heteroatoms. The number of sulfonamides is 1. The van der Waals surface area contributed by atoms with E-state index in [0.29, 0.717) is 16.6 Å². The van der Waals surface area contributed by atoms with Gasteiger partial charge in [0.2, 0.25) is 10.0 Å². The summed E-state index contributed by atoms with van der Waals surface area (Å²) >= 11 is 12.3. The first-order valence-corrected chi connectivity index (χ1v) is 12.4. The topological polar surface area (TPSA) is 93.5 Å². The van der Waals surface area contributed by atoms with E-state index in [-0.39, 0.29) is 28.1 Å². The summed E-state index contributed by atoms with van der Waals surface area (Å²) in [6.07, 6.45) is 2.69. The van der Waals surface area contributed by atoms with Crippen molar-refractivity contribution < 1.29 is 22.8 Å². The Morgan fingerprint density at radius 1 is 1.15 bits per heavy atom. The first-order valence-electron chi connectivity index (χ1n) is 10.2. The van der Waals surface area contributed by atoms with E-state index in [1.807, 2.05) is 6.07 Å². The van der Waals surface area contributed by atoms with E-state index in [9.17, 15) is 12.8 Å². The molecule has 0 saturated carbocycles. The fourth-order valence-corrected chi connectivity index (χ4v) is 5.16. The molecule has 0 bridgehead atoms. The van der Waals surface area contributed by atoms with Crippen LogP contribution < -0.4 is 9.56 Å². The smallest absolute Gasteiger partial charge is 0.240 e. The quantitative estimate of drug-likeness (QED) is 0.329. The summed E-state index contributed by atoms with van der Waals surface area (Å²) in [6, 6.07) is 12.5. The molecule has 0 aliphatic heterocycles. The Labute approximate surface area is 205 Å². The average molecular weight is 524 g/mol. The number of aliphatic hydroxyl groups excluding tert-OH is 1. The summed E-state index contributed by atoms with van der Waals surface area (Å²) < 4.78 is 42.2. The summed E-state index contributed by atoms with van der Waals surface area (Å²) in [5.41, 5.74) is 3.13. The van der Waals surface area contributed by atoms with Gasteiger partial charge in [0.25, 0.3) is 0 Å². The fraction of sp³-hybridized carbons (Fsp3) is 0.174. The third kappa shape index (κ3) is 4.89. The van der Waals surface area contributed by atoms with Gasteiger partial charge in [-0.1, -0.05) is 35.3 Å². The summed E-state index contributed by atoms with van der Waals surface area (Å²) in [5.74, 6) is -0.588. The van der Waals surface area contributed by atoms with Crippen LogP contribution in [0.25, 0.3) is 22.2 Å². The monoisotopic (exact) mass is 523 g/mol. The van der Waals surface area contributed by atoms with Gasteiger partial charge in [0, 0.05) is 35.1 Å². The number of aliphatic hydroxyl groups is 1. The van der Waals surface area contributed by atoms with Gasteiger partial charge in [-0.3, -0.25) is 4.98 Å². The van der Waals surface area contributed by atoms with Crippen LogP contribution >= 0.6 is 23.2 Å². The minimum atomic E-state index is -3.70. The highest BCUT2D eigenvalue weighted by Gasteiger charge is 2.20. The second kappa shape index (κ2) is 9.89. The number of nitrogens with one attached hydrogen (secondary N) is 1. The van der Waals surface area contributed by atoms with Crippen molar-refractivity contribution in [3.8, 4) is 11.1 Å². The van der Waals surface area contributed by atoms with Crippen LogP contribution in [0.3, 0.4) is 0 Å². The molecule has 0 spiro atoms. The van der Waals surface area contributed by atoms with Crippen molar-refractivity contribution in [2.24, 2.45) is 0 Å². The number of halogens is 3. The second-order valence-electron chi connectivity index (χ2n) is 7.42. The highest BCUT2D eigenvalue weighted by molar-refractivity contribution is 7.89. The summed E-state index contributed by atoms with van der Waals surface area (Å²) in [7, 11) is -3.70. The molecule has 0 radical (unpaired) electrons. The van der Waals surface area contributed by atoms with Gasteiger partial charge in [-0.25, -0.2) is 17.5 Å². The molecule has 0 fully saturated rings. The lowest BCUT2D eigenvalue weighted by Crippen LogP contribution is -2.26. The zero-order valence-corrected chi connectivity index (χ0v) is 20.2. The second-order valence-corrected chi connectivity index (χ2v) is 9.97. The molecular formula is C23H20Cl2FN3O4S. The largest absolute Gasteiger partial charge is 0.406 e. The molecule has 2 aromatic heterocycles. The van der Waals surface area contributed by atoms with Crippen molar-refractivity contribution in [2.75, 3.05) is 13.2 Å². The first kappa shape index (κ1) is 24.4. The SMILES string of the molecule is CC(On1ccc2ncc(-c3ccc(S(=O)(=O)NCCO)cc3)cc21)c1c(Cl)ccc(F)c1Cl. The number of hydrogen-bond acceptors (Lipinski definition) is 5. The van der Waals surface area contributed by atoms with Gasteiger partial charge in [0.15, 0.2) is 6.10 Å². The molecule has 1 atom stereocenters. The van der Waals surface area contributed by atoms with Gasteiger partial charge < -0.3 is 9.94 Å². The number of fused-ring (bicyclic) bond motifs is 1. The number of hydrogen-bond donors (Lipinski definition) is 2. The van der Waals surface area contributed by atoms with Crippen LogP contribution in [-0.2, 0) is 10.0 Å². The Morgan fingerprint density at radius 3 is 2.59 bits per heavy atom. The highest BCUT2D eigenvalue weighted by atomic mass is 35.5. The zero-order valence-electron chi connectivity index (χ0n) is 17.9. The van der Waals surface area contributed by atoms with Crippen LogP contribution in [0, 0.1) is 5.82 Å². The molecule has 178 valence electrons. The summed E-state index contributed by atoms with van der Waals surface area (Å²) in [5, 5.41) is 9.03. The molecule has 0 aliphatic rings. The maximum absolute atomic E-state index is 13.9. The normalized spacial score (nSPS) is 12.7. The number of pyridine rings is 1. The highest BCUT2D eigenvalue weighted by Crippen LogP contribution is 2.33. The van der Waals surface area contributed by atoms with Crippen LogP contribution in [0.15, 0.2) is 65.8 Å². The first-order chi connectivity index (χ1) is 16.2. The Bertz CT molecular complexity index is 1440. The van der Waals surface area contributed by atoms with Gasteiger partial charge in [0.05, 0.1) is 22.0 Å². The molecule has 1 unspecified atom stereocenters. The molecule has 4 aromatic rings. The predicted octanol–water partition coefficient (Wildman–Crippen LogP) is 4.61. The predicted molar refractivity (Wildman–Crippen MR) is 129 cm³/mol. The lowest BCUT2D eigenvalue weighted by molar-refractivity contribution is 0.0562. The molecule has 0 aliphatic carbocycles. The Balaban J connectivity index is 1.63. The van der Waals surface area contributed by atoms with Crippen LogP contribution in [0.4, 0.5) is 4.39 Å². The molecule has 2 N–H and O–H groups in total. The Morgan fingerprint density at radius 2 is 1.88 bits per heavy atom. The molecule has 7 nitrogen and oxygen atoms in total. The van der Waals surface area contributed by atoms with E-state index in [1.54, 1.807) is 37.5 Å². The Kier molecular flexibility index (Phi) is 7.11. The Hall–Kier alpha value is -2.69. The van der Waals surface area contributed by atoms with Gasteiger partial charge in [-0.2, -0.15) is 4.73 Å². The van der Waals surface area contributed by atoms with Crippen molar-refractivity contribution >= 4 is 44.3 Å². The molecule has 2 heterocycles. The molecule has 2 aromatic carbocycles. The van der Waals surface area contributed by atoms with Gasteiger partial charge in [0.1, 0.15) is 11.3 Å². The molecule has 34 heavy (non-hydrogen) atoms. The van der Waals surface area contributed by atoms with E-state index in [0.717, 1.165) is 11.1 Å². The maximum Gasteiger partial charge on any atom is 0.240 e. The van der Waals surface area contributed by atoms with Gasteiger partial charge in [-0.15, -0.1) is 0 Å². The minimum absolute atomic E-state index is 0.0634. The van der Waals surface area contributed by atoms with E-state index in [1.165, 1.54) is 29.0 Å². The molecule has 4 rings (SSSR count). The van der Waals surface area contributed by atoms with Crippen molar-refractivity contribution in [1.29, 1.82) is 0 Å².